The standard InChI is InChI=1S/C20H21ClN4O5S/c1-22-31(28,29)14-8-4-11(5-9-14)17-15(21)10-16-18(24-17)25-20(23-16)30-13-6-2-12(3-7-13)19(26)27/h4-5,8-10,12-13,22H,2-3,6-7H2,1H3,(H,26,27)(H,23,24,25). The first kappa shape index (κ1) is 21.5. The smallest absolute Gasteiger partial charge is 0.306 e. The van der Waals surface area contributed by atoms with Gasteiger partial charge in [0.2, 0.25) is 10.0 Å². The number of H-pyrrole nitrogens is 1. The molecule has 1 fully saturated rings. The van der Waals surface area contributed by atoms with E-state index in [0.717, 1.165) is 0 Å². The Balaban J connectivity index is 1.55. The zero-order chi connectivity index (χ0) is 22.2. The van der Waals surface area contributed by atoms with E-state index in [1.807, 2.05) is 0 Å². The minimum absolute atomic E-state index is 0.104. The number of halogens is 1. The van der Waals surface area contributed by atoms with Crippen LogP contribution in [-0.2, 0) is 14.8 Å². The molecule has 3 N–H and O–H groups in total. The molecule has 0 spiro atoms. The lowest BCUT2D eigenvalue weighted by Gasteiger charge is -2.25. The molecule has 1 aliphatic carbocycles. The van der Waals surface area contributed by atoms with Crippen LogP contribution in [-0.4, -0.2) is 47.6 Å². The molecule has 31 heavy (non-hydrogen) atoms. The normalized spacial score (nSPS) is 19.4. The van der Waals surface area contributed by atoms with Crippen LogP contribution in [0.1, 0.15) is 25.7 Å². The van der Waals surface area contributed by atoms with Gasteiger partial charge in [-0.3, -0.25) is 4.79 Å². The number of nitrogens with one attached hydrogen (secondary N) is 2. The number of imidazole rings is 1. The summed E-state index contributed by atoms with van der Waals surface area (Å²) >= 11 is 6.40. The molecule has 4 rings (SSSR count). The number of nitrogens with zero attached hydrogens (tertiary/aromatic N) is 2. The van der Waals surface area contributed by atoms with E-state index in [-0.39, 0.29) is 16.9 Å². The third-order valence-corrected chi connectivity index (χ3v) is 7.13. The van der Waals surface area contributed by atoms with Crippen LogP contribution in [0.4, 0.5) is 0 Å². The van der Waals surface area contributed by atoms with E-state index in [1.165, 1.54) is 19.2 Å². The highest BCUT2D eigenvalue weighted by molar-refractivity contribution is 7.89. The average molecular weight is 465 g/mol. The highest BCUT2D eigenvalue weighted by atomic mass is 35.5. The third-order valence-electron chi connectivity index (χ3n) is 5.41. The summed E-state index contributed by atoms with van der Waals surface area (Å²) < 4.78 is 32.0. The molecule has 11 heteroatoms. The van der Waals surface area contributed by atoms with Gasteiger partial charge in [0.25, 0.3) is 6.01 Å². The van der Waals surface area contributed by atoms with Gasteiger partial charge in [0.15, 0.2) is 5.65 Å². The van der Waals surface area contributed by atoms with E-state index >= 15 is 0 Å². The molecule has 0 atom stereocenters. The van der Waals surface area contributed by atoms with E-state index in [0.29, 0.717) is 59.1 Å². The van der Waals surface area contributed by atoms with Gasteiger partial charge in [-0.15, -0.1) is 0 Å². The Morgan fingerprint density at radius 1 is 1.19 bits per heavy atom. The van der Waals surface area contributed by atoms with Gasteiger partial charge in [-0.05, 0) is 50.9 Å². The van der Waals surface area contributed by atoms with E-state index in [1.54, 1.807) is 18.2 Å². The molecule has 0 saturated heterocycles. The fourth-order valence-corrected chi connectivity index (χ4v) is 4.64. The van der Waals surface area contributed by atoms with Gasteiger partial charge in [-0.2, -0.15) is 4.98 Å². The second-order valence-corrected chi connectivity index (χ2v) is 9.69. The lowest BCUT2D eigenvalue weighted by Crippen LogP contribution is -2.28. The number of carboxylic acid groups (broad SMARTS) is 1. The molecule has 0 amide bonds. The van der Waals surface area contributed by atoms with Crippen molar-refractivity contribution in [3.05, 3.63) is 35.4 Å². The van der Waals surface area contributed by atoms with E-state index < -0.39 is 16.0 Å². The summed E-state index contributed by atoms with van der Waals surface area (Å²) in [6.07, 6.45) is 2.35. The monoisotopic (exact) mass is 464 g/mol. The van der Waals surface area contributed by atoms with Crippen LogP contribution in [0.15, 0.2) is 35.2 Å². The first-order chi connectivity index (χ1) is 14.8. The number of carbonyl (C=O) groups is 1. The molecule has 0 radical (unpaired) electrons. The van der Waals surface area contributed by atoms with Crippen LogP contribution in [0.3, 0.4) is 0 Å². The van der Waals surface area contributed by atoms with Crippen molar-refractivity contribution >= 4 is 38.8 Å². The van der Waals surface area contributed by atoms with Crippen molar-refractivity contribution < 1.29 is 23.1 Å². The van der Waals surface area contributed by atoms with Gasteiger partial charge in [0, 0.05) is 5.56 Å². The quantitative estimate of drug-likeness (QED) is 0.509. The van der Waals surface area contributed by atoms with Crippen molar-refractivity contribution in [2.75, 3.05) is 7.05 Å². The molecule has 3 aromatic rings. The number of ether oxygens (including phenoxy) is 1. The molecule has 2 aromatic heterocycles. The number of sulfonamides is 1. The van der Waals surface area contributed by atoms with Gasteiger partial charge in [-0.1, -0.05) is 23.7 Å². The lowest BCUT2D eigenvalue weighted by atomic mass is 9.87. The topological polar surface area (TPSA) is 134 Å². The molecule has 0 bridgehead atoms. The maximum Gasteiger partial charge on any atom is 0.306 e. The third kappa shape index (κ3) is 4.51. The molecule has 0 unspecified atom stereocenters. The summed E-state index contributed by atoms with van der Waals surface area (Å²) in [6, 6.07) is 8.24. The maximum absolute atomic E-state index is 11.9. The molecular weight excluding hydrogens is 444 g/mol. The molecular formula is C20H21ClN4O5S. The van der Waals surface area contributed by atoms with E-state index in [4.69, 9.17) is 21.4 Å². The minimum Gasteiger partial charge on any atom is -0.481 e. The van der Waals surface area contributed by atoms with Crippen molar-refractivity contribution in [1.82, 2.24) is 19.7 Å². The summed E-state index contributed by atoms with van der Waals surface area (Å²) in [4.78, 5) is 23.2. The van der Waals surface area contributed by atoms with Crippen molar-refractivity contribution in [3.8, 4) is 17.3 Å². The number of aromatic nitrogens is 3. The highest BCUT2D eigenvalue weighted by Gasteiger charge is 2.27. The number of fused-ring (bicyclic) bond motifs is 1. The Kier molecular flexibility index (Phi) is 5.87. The van der Waals surface area contributed by atoms with Gasteiger partial charge in [-0.25, -0.2) is 18.1 Å². The molecule has 1 aromatic carbocycles. The number of hydrogen-bond acceptors (Lipinski definition) is 6. The van der Waals surface area contributed by atoms with Crippen molar-refractivity contribution in [3.63, 3.8) is 0 Å². The Morgan fingerprint density at radius 3 is 2.48 bits per heavy atom. The molecule has 1 aliphatic rings. The Labute approximate surface area is 183 Å². The van der Waals surface area contributed by atoms with Gasteiger partial charge in [0.1, 0.15) is 6.10 Å². The predicted octanol–water partition coefficient (Wildman–Crippen LogP) is 3.21. The fraction of sp³-hybridized carbons (Fsp3) is 0.350. The summed E-state index contributed by atoms with van der Waals surface area (Å²) in [6.45, 7) is 0. The number of hydrogen-bond donors (Lipinski definition) is 3. The Morgan fingerprint density at radius 2 is 1.87 bits per heavy atom. The van der Waals surface area contributed by atoms with Crippen molar-refractivity contribution in [2.45, 2.75) is 36.7 Å². The van der Waals surface area contributed by atoms with Crippen LogP contribution < -0.4 is 9.46 Å². The number of aromatic amines is 1. The Hall–Kier alpha value is -2.69. The van der Waals surface area contributed by atoms with E-state index in [9.17, 15) is 13.2 Å². The first-order valence-electron chi connectivity index (χ1n) is 9.76. The van der Waals surface area contributed by atoms with Crippen LogP contribution in [0.2, 0.25) is 5.02 Å². The summed E-state index contributed by atoms with van der Waals surface area (Å²) in [7, 11) is -2.18. The predicted molar refractivity (Wildman–Crippen MR) is 115 cm³/mol. The van der Waals surface area contributed by atoms with Crippen molar-refractivity contribution in [2.24, 2.45) is 5.92 Å². The molecule has 164 valence electrons. The zero-order valence-corrected chi connectivity index (χ0v) is 18.2. The Bertz CT molecular complexity index is 1220. The van der Waals surface area contributed by atoms with Gasteiger partial charge in [0.05, 0.1) is 27.0 Å². The summed E-state index contributed by atoms with van der Waals surface area (Å²) in [5.74, 6) is -1.07. The van der Waals surface area contributed by atoms with Crippen molar-refractivity contribution in [1.29, 1.82) is 0 Å². The van der Waals surface area contributed by atoms with Gasteiger partial charge < -0.3 is 14.8 Å². The van der Waals surface area contributed by atoms with Crippen LogP contribution in [0.25, 0.3) is 22.4 Å². The molecule has 1 saturated carbocycles. The molecule has 2 heterocycles. The SMILES string of the molecule is CNS(=O)(=O)c1ccc(-c2nc3nc(OC4CCC(C(=O)O)CC4)[nH]c3cc2Cl)cc1. The largest absolute Gasteiger partial charge is 0.481 e. The number of aliphatic carboxylic acids is 1. The number of rotatable bonds is 6. The summed E-state index contributed by atoms with van der Waals surface area (Å²) in [5.41, 5.74) is 2.15. The van der Waals surface area contributed by atoms with Gasteiger partial charge >= 0.3 is 5.97 Å². The fourth-order valence-electron chi connectivity index (χ4n) is 3.65. The highest BCUT2D eigenvalue weighted by Crippen LogP contribution is 2.31. The zero-order valence-electron chi connectivity index (χ0n) is 16.6. The lowest BCUT2D eigenvalue weighted by molar-refractivity contribution is -0.143. The average Bonchev–Trinajstić information content (AvgIpc) is 3.14. The minimum atomic E-state index is -3.53. The van der Waals surface area contributed by atoms with Crippen LogP contribution >= 0.6 is 11.6 Å². The number of benzene rings is 1. The van der Waals surface area contributed by atoms with Crippen LogP contribution in [0, 0.1) is 5.92 Å². The first-order valence-corrected chi connectivity index (χ1v) is 11.6. The number of carboxylic acids is 1. The number of pyridine rings is 1. The molecule has 0 aliphatic heterocycles. The molecule has 9 nitrogen and oxygen atoms in total. The second-order valence-electron chi connectivity index (χ2n) is 7.39. The maximum atomic E-state index is 11.9. The second kappa shape index (κ2) is 8.45. The van der Waals surface area contributed by atoms with E-state index in [2.05, 4.69) is 19.7 Å². The van der Waals surface area contributed by atoms with Crippen LogP contribution in [0.5, 0.6) is 6.01 Å². The summed E-state index contributed by atoms with van der Waals surface area (Å²) in [5, 5.41) is 9.49.